The number of methoxy groups -OCH3 is 1. The number of halogens is 2. The Morgan fingerprint density at radius 1 is 1.43 bits per heavy atom. The molecule has 0 spiro atoms. The van der Waals surface area contributed by atoms with Crippen LogP contribution in [-0.4, -0.2) is 38.8 Å². The highest BCUT2D eigenvalue weighted by atomic mass is 19.3. The van der Waals surface area contributed by atoms with Crippen LogP contribution in [0.1, 0.15) is 24.8 Å². The Morgan fingerprint density at radius 2 is 2.26 bits per heavy atom. The molecule has 0 bridgehead atoms. The fourth-order valence-corrected chi connectivity index (χ4v) is 2.64. The zero-order valence-corrected chi connectivity index (χ0v) is 13.1. The fraction of sp³-hybridized carbons (Fsp3) is 0.562. The average molecular weight is 328 g/mol. The summed E-state index contributed by atoms with van der Waals surface area (Å²) in [6.07, 6.45) is 3.15. The summed E-state index contributed by atoms with van der Waals surface area (Å²) in [5.41, 5.74) is 0.792. The lowest BCUT2D eigenvalue weighted by Gasteiger charge is -2.12. The van der Waals surface area contributed by atoms with E-state index in [1.54, 1.807) is 12.1 Å². The van der Waals surface area contributed by atoms with E-state index in [-0.39, 0.29) is 23.4 Å². The van der Waals surface area contributed by atoms with Crippen molar-refractivity contribution in [2.45, 2.75) is 38.3 Å². The predicted molar refractivity (Wildman–Crippen MR) is 82.0 cm³/mol. The van der Waals surface area contributed by atoms with E-state index in [4.69, 9.17) is 4.74 Å². The van der Waals surface area contributed by atoms with Crippen molar-refractivity contribution in [3.8, 4) is 11.5 Å². The van der Waals surface area contributed by atoms with E-state index in [9.17, 15) is 13.6 Å². The topological polar surface area (TPSA) is 59.6 Å². The molecule has 7 heteroatoms. The number of hydrogen-bond donors (Lipinski definition) is 2. The van der Waals surface area contributed by atoms with Gasteiger partial charge in [-0.1, -0.05) is 6.07 Å². The van der Waals surface area contributed by atoms with Crippen molar-refractivity contribution in [1.29, 1.82) is 0 Å². The highest BCUT2D eigenvalue weighted by Gasteiger charge is 2.17. The van der Waals surface area contributed by atoms with Gasteiger partial charge in [-0.15, -0.1) is 0 Å². The molecular formula is C16H22F2N2O3. The summed E-state index contributed by atoms with van der Waals surface area (Å²) in [7, 11) is 1.39. The first kappa shape index (κ1) is 17.5. The zero-order chi connectivity index (χ0) is 16.7. The maximum absolute atomic E-state index is 12.4. The lowest BCUT2D eigenvalue weighted by Crippen LogP contribution is -2.32. The van der Waals surface area contributed by atoms with Gasteiger partial charge < -0.3 is 20.1 Å². The number of alkyl halides is 2. The second-order valence-corrected chi connectivity index (χ2v) is 5.46. The van der Waals surface area contributed by atoms with Gasteiger partial charge in [0.15, 0.2) is 11.5 Å². The number of carbonyl (C=O) groups is 1. The summed E-state index contributed by atoms with van der Waals surface area (Å²) < 4.78 is 34.2. The molecule has 1 saturated heterocycles. The van der Waals surface area contributed by atoms with Crippen molar-refractivity contribution in [3.63, 3.8) is 0 Å². The summed E-state index contributed by atoms with van der Waals surface area (Å²) in [5, 5.41) is 6.12. The van der Waals surface area contributed by atoms with Crippen LogP contribution in [0.25, 0.3) is 0 Å². The Balaban J connectivity index is 1.81. The second kappa shape index (κ2) is 8.67. The Morgan fingerprint density at radius 3 is 2.91 bits per heavy atom. The first-order valence-corrected chi connectivity index (χ1v) is 7.70. The molecule has 0 aromatic heterocycles. The van der Waals surface area contributed by atoms with E-state index in [1.807, 2.05) is 0 Å². The monoisotopic (exact) mass is 328 g/mol. The maximum atomic E-state index is 12.4. The number of ether oxygens (including phenoxy) is 2. The highest BCUT2D eigenvalue weighted by molar-refractivity contribution is 5.76. The van der Waals surface area contributed by atoms with Crippen molar-refractivity contribution in [2.24, 2.45) is 0 Å². The molecule has 1 aromatic carbocycles. The van der Waals surface area contributed by atoms with Crippen LogP contribution >= 0.6 is 0 Å². The molecule has 1 aromatic rings. The van der Waals surface area contributed by atoms with Crippen molar-refractivity contribution in [1.82, 2.24) is 10.6 Å². The van der Waals surface area contributed by atoms with Crippen LogP contribution in [0, 0.1) is 0 Å². The van der Waals surface area contributed by atoms with Gasteiger partial charge in [0.25, 0.3) is 0 Å². The van der Waals surface area contributed by atoms with Crippen LogP contribution < -0.4 is 20.1 Å². The molecule has 128 valence electrons. The minimum atomic E-state index is -2.90. The smallest absolute Gasteiger partial charge is 0.387 e. The van der Waals surface area contributed by atoms with Gasteiger partial charge in [0.1, 0.15) is 0 Å². The van der Waals surface area contributed by atoms with Gasteiger partial charge >= 0.3 is 6.61 Å². The molecule has 1 fully saturated rings. The summed E-state index contributed by atoms with van der Waals surface area (Å²) in [5.74, 6) is 0.258. The van der Waals surface area contributed by atoms with Gasteiger partial charge in [-0.05, 0) is 43.5 Å². The highest BCUT2D eigenvalue weighted by Crippen LogP contribution is 2.29. The minimum Gasteiger partial charge on any atom is -0.493 e. The molecule has 1 aliphatic rings. The van der Waals surface area contributed by atoms with E-state index in [0.717, 1.165) is 24.9 Å². The molecule has 0 aliphatic carbocycles. The van der Waals surface area contributed by atoms with Gasteiger partial charge in [0.2, 0.25) is 5.91 Å². The van der Waals surface area contributed by atoms with Gasteiger partial charge in [0.05, 0.1) is 7.11 Å². The molecule has 2 N–H and O–H groups in total. The van der Waals surface area contributed by atoms with Crippen LogP contribution in [-0.2, 0) is 11.2 Å². The predicted octanol–water partition coefficient (Wildman–Crippen LogP) is 2.10. The molecular weight excluding hydrogens is 306 g/mol. The lowest BCUT2D eigenvalue weighted by molar-refractivity contribution is -0.121. The van der Waals surface area contributed by atoms with E-state index < -0.39 is 6.61 Å². The van der Waals surface area contributed by atoms with Crippen LogP contribution in [0.15, 0.2) is 18.2 Å². The number of rotatable bonds is 8. The SMILES string of the molecule is COc1ccc(CCNC(=O)CC2CCCN2)cc1OC(F)F. The zero-order valence-electron chi connectivity index (χ0n) is 13.1. The number of amides is 1. The molecule has 2 rings (SSSR count). The van der Waals surface area contributed by atoms with Gasteiger partial charge in [-0.2, -0.15) is 8.78 Å². The van der Waals surface area contributed by atoms with Crippen molar-refractivity contribution >= 4 is 5.91 Å². The van der Waals surface area contributed by atoms with Gasteiger partial charge in [0, 0.05) is 19.0 Å². The lowest BCUT2D eigenvalue weighted by atomic mass is 10.1. The molecule has 1 heterocycles. The average Bonchev–Trinajstić information content (AvgIpc) is 3.00. The number of hydrogen-bond acceptors (Lipinski definition) is 4. The molecule has 5 nitrogen and oxygen atoms in total. The van der Waals surface area contributed by atoms with E-state index >= 15 is 0 Å². The van der Waals surface area contributed by atoms with Crippen molar-refractivity contribution in [3.05, 3.63) is 23.8 Å². The molecule has 23 heavy (non-hydrogen) atoms. The van der Waals surface area contributed by atoms with E-state index in [0.29, 0.717) is 19.4 Å². The van der Waals surface area contributed by atoms with E-state index in [1.165, 1.54) is 13.2 Å². The third kappa shape index (κ3) is 5.67. The van der Waals surface area contributed by atoms with Crippen LogP contribution in [0.3, 0.4) is 0 Å². The summed E-state index contributed by atoms with van der Waals surface area (Å²) in [4.78, 5) is 11.8. The molecule has 1 amide bonds. The van der Waals surface area contributed by atoms with Crippen LogP contribution in [0.5, 0.6) is 11.5 Å². The Hall–Kier alpha value is -1.89. The summed E-state index contributed by atoms with van der Waals surface area (Å²) in [6.45, 7) is -1.49. The second-order valence-electron chi connectivity index (χ2n) is 5.46. The van der Waals surface area contributed by atoms with Crippen LogP contribution in [0.4, 0.5) is 8.78 Å². The molecule has 0 radical (unpaired) electrons. The van der Waals surface area contributed by atoms with Crippen LogP contribution in [0.2, 0.25) is 0 Å². The Bertz CT molecular complexity index is 520. The molecule has 0 saturated carbocycles. The summed E-state index contributed by atoms with van der Waals surface area (Å²) in [6, 6.07) is 5.12. The van der Waals surface area contributed by atoms with Gasteiger partial charge in [-0.25, -0.2) is 0 Å². The Labute approximate surface area is 134 Å². The Kier molecular flexibility index (Phi) is 6.58. The number of nitrogens with one attached hydrogen (secondary N) is 2. The standard InChI is InChI=1S/C16H22F2N2O3/c1-22-13-5-4-11(9-14(13)23-16(17)18)6-8-20-15(21)10-12-3-2-7-19-12/h4-5,9,12,16,19H,2-3,6-8,10H2,1H3,(H,20,21). The van der Waals surface area contributed by atoms with Crippen molar-refractivity contribution < 1.29 is 23.0 Å². The van der Waals surface area contributed by atoms with E-state index in [2.05, 4.69) is 15.4 Å². The molecule has 1 aliphatic heterocycles. The van der Waals surface area contributed by atoms with Gasteiger partial charge in [-0.3, -0.25) is 4.79 Å². The quantitative estimate of drug-likeness (QED) is 0.767. The molecule has 1 atom stereocenters. The first-order chi connectivity index (χ1) is 11.1. The third-order valence-electron chi connectivity index (χ3n) is 3.77. The third-order valence-corrected chi connectivity index (χ3v) is 3.77. The normalized spacial score (nSPS) is 17.3. The first-order valence-electron chi connectivity index (χ1n) is 7.70. The number of carbonyl (C=O) groups excluding carboxylic acids is 1. The van der Waals surface area contributed by atoms with Crippen molar-refractivity contribution in [2.75, 3.05) is 20.2 Å². The minimum absolute atomic E-state index is 0.00137. The molecule has 1 unspecified atom stereocenters. The number of benzene rings is 1. The summed E-state index contributed by atoms with van der Waals surface area (Å²) >= 11 is 0. The largest absolute Gasteiger partial charge is 0.493 e. The fourth-order valence-electron chi connectivity index (χ4n) is 2.64. The maximum Gasteiger partial charge on any atom is 0.387 e.